The van der Waals surface area contributed by atoms with Gasteiger partial charge in [0.15, 0.2) is 0 Å². The summed E-state index contributed by atoms with van der Waals surface area (Å²) in [4.78, 5) is 4.03. The second-order valence-electron chi connectivity index (χ2n) is 4.46. The Morgan fingerprint density at radius 3 is 2.55 bits per heavy atom. The zero-order chi connectivity index (χ0) is 14.7. The molecule has 2 rings (SSSR count). The van der Waals surface area contributed by atoms with Crippen molar-refractivity contribution in [3.05, 3.63) is 52.1 Å². The van der Waals surface area contributed by atoms with Crippen molar-refractivity contribution >= 4 is 27.7 Å². The van der Waals surface area contributed by atoms with Crippen LogP contribution in [0.4, 0.5) is 8.78 Å². The van der Waals surface area contributed by atoms with E-state index < -0.39 is 11.6 Å². The minimum absolute atomic E-state index is 0.0576. The van der Waals surface area contributed by atoms with Gasteiger partial charge in [-0.2, -0.15) is 0 Å². The molecule has 0 amide bonds. The van der Waals surface area contributed by atoms with Crippen LogP contribution in [0, 0.1) is 11.6 Å². The van der Waals surface area contributed by atoms with Gasteiger partial charge in [-0.1, -0.05) is 11.8 Å². The van der Waals surface area contributed by atoms with Crippen molar-refractivity contribution in [2.24, 2.45) is 5.73 Å². The molecule has 0 spiro atoms. The van der Waals surface area contributed by atoms with Gasteiger partial charge >= 0.3 is 0 Å². The van der Waals surface area contributed by atoms with E-state index in [4.69, 9.17) is 5.73 Å². The van der Waals surface area contributed by atoms with E-state index in [9.17, 15) is 8.78 Å². The molecule has 0 bridgehead atoms. The fourth-order valence-corrected chi connectivity index (χ4v) is 3.03. The molecular formula is C14H13BrF2N2S. The van der Waals surface area contributed by atoms with Crippen LogP contribution in [0.1, 0.15) is 12.5 Å². The van der Waals surface area contributed by atoms with Crippen LogP contribution in [0.15, 0.2) is 44.9 Å². The molecule has 0 aliphatic heterocycles. The number of halogens is 3. The SMILES string of the molecule is CC(N)Cc1cc(F)c(Sc2ncccc2Br)c(F)c1. The Kier molecular flexibility index (Phi) is 5.12. The maximum absolute atomic E-state index is 14.0. The zero-order valence-electron chi connectivity index (χ0n) is 10.7. The monoisotopic (exact) mass is 358 g/mol. The first-order valence-corrected chi connectivity index (χ1v) is 7.60. The summed E-state index contributed by atoms with van der Waals surface area (Å²) in [6, 6.07) is 6.02. The summed E-state index contributed by atoms with van der Waals surface area (Å²) in [5, 5.41) is 0.519. The lowest BCUT2D eigenvalue weighted by molar-refractivity contribution is 0.535. The highest BCUT2D eigenvalue weighted by molar-refractivity contribution is 9.10. The highest BCUT2D eigenvalue weighted by Crippen LogP contribution is 2.35. The van der Waals surface area contributed by atoms with Crippen molar-refractivity contribution in [1.82, 2.24) is 4.98 Å². The Morgan fingerprint density at radius 1 is 1.35 bits per heavy atom. The first-order valence-electron chi connectivity index (χ1n) is 5.99. The Hall–Kier alpha value is -0.980. The number of hydrogen-bond acceptors (Lipinski definition) is 3. The third kappa shape index (κ3) is 3.77. The maximum Gasteiger partial charge on any atom is 0.140 e. The number of nitrogens with two attached hydrogens (primary N) is 1. The molecule has 2 aromatic rings. The van der Waals surface area contributed by atoms with Gasteiger partial charge in [-0.15, -0.1) is 0 Å². The highest BCUT2D eigenvalue weighted by atomic mass is 79.9. The van der Waals surface area contributed by atoms with Crippen LogP contribution in [0.2, 0.25) is 0 Å². The Labute approximate surface area is 128 Å². The number of benzene rings is 1. The lowest BCUT2D eigenvalue weighted by Gasteiger charge is -2.10. The minimum Gasteiger partial charge on any atom is -0.328 e. The molecule has 0 aliphatic rings. The normalized spacial score (nSPS) is 12.4. The molecule has 2 nitrogen and oxygen atoms in total. The van der Waals surface area contributed by atoms with Crippen LogP contribution in [0.3, 0.4) is 0 Å². The molecule has 0 radical (unpaired) electrons. The Morgan fingerprint density at radius 2 is 2.00 bits per heavy atom. The van der Waals surface area contributed by atoms with E-state index in [1.807, 2.05) is 0 Å². The number of nitrogens with zero attached hydrogens (tertiary/aromatic N) is 1. The minimum atomic E-state index is -0.594. The van der Waals surface area contributed by atoms with Gasteiger partial charge in [0.05, 0.1) is 9.37 Å². The van der Waals surface area contributed by atoms with Gasteiger partial charge in [0.1, 0.15) is 16.7 Å². The van der Waals surface area contributed by atoms with E-state index >= 15 is 0 Å². The fraction of sp³-hybridized carbons (Fsp3) is 0.214. The summed E-state index contributed by atoms with van der Waals surface area (Å²) in [6.45, 7) is 1.80. The third-order valence-corrected chi connectivity index (χ3v) is 4.55. The van der Waals surface area contributed by atoms with Gasteiger partial charge in [0.25, 0.3) is 0 Å². The largest absolute Gasteiger partial charge is 0.328 e. The number of aromatic nitrogens is 1. The van der Waals surface area contributed by atoms with E-state index in [1.165, 1.54) is 12.1 Å². The summed E-state index contributed by atoms with van der Waals surface area (Å²) in [5.74, 6) is -1.19. The smallest absolute Gasteiger partial charge is 0.140 e. The highest BCUT2D eigenvalue weighted by Gasteiger charge is 2.15. The lowest BCUT2D eigenvalue weighted by atomic mass is 10.1. The van der Waals surface area contributed by atoms with E-state index in [0.29, 0.717) is 21.5 Å². The van der Waals surface area contributed by atoms with Gasteiger partial charge in [-0.05, 0) is 59.1 Å². The average molecular weight is 359 g/mol. The molecular weight excluding hydrogens is 346 g/mol. The van der Waals surface area contributed by atoms with Crippen LogP contribution in [0.25, 0.3) is 0 Å². The standard InChI is InChI=1S/C14H13BrF2N2S/c1-8(18)5-9-6-11(16)13(12(17)7-9)20-14-10(15)3-2-4-19-14/h2-4,6-8H,5,18H2,1H3. The molecule has 0 aliphatic carbocycles. The molecule has 1 atom stereocenters. The molecule has 20 heavy (non-hydrogen) atoms. The second-order valence-corrected chi connectivity index (χ2v) is 6.32. The molecule has 0 saturated heterocycles. The van der Waals surface area contributed by atoms with Crippen molar-refractivity contribution in [1.29, 1.82) is 0 Å². The number of hydrogen-bond donors (Lipinski definition) is 1. The van der Waals surface area contributed by atoms with Crippen LogP contribution in [-0.4, -0.2) is 11.0 Å². The molecule has 106 valence electrons. The van der Waals surface area contributed by atoms with E-state index in [0.717, 1.165) is 11.8 Å². The topological polar surface area (TPSA) is 38.9 Å². The van der Waals surface area contributed by atoms with Gasteiger partial charge in [-0.25, -0.2) is 13.8 Å². The molecule has 0 saturated carbocycles. The van der Waals surface area contributed by atoms with Crippen LogP contribution in [-0.2, 0) is 6.42 Å². The molecule has 1 unspecified atom stereocenters. The first kappa shape index (κ1) is 15.4. The van der Waals surface area contributed by atoms with Crippen LogP contribution >= 0.6 is 27.7 Å². The Balaban J connectivity index is 2.31. The van der Waals surface area contributed by atoms with Crippen LogP contribution < -0.4 is 5.73 Å². The van der Waals surface area contributed by atoms with Gasteiger partial charge < -0.3 is 5.73 Å². The first-order chi connectivity index (χ1) is 9.47. The summed E-state index contributed by atoms with van der Waals surface area (Å²) in [6.07, 6.45) is 2.01. The van der Waals surface area contributed by atoms with Crippen molar-refractivity contribution in [3.63, 3.8) is 0 Å². The molecule has 0 fully saturated rings. The van der Waals surface area contributed by atoms with Crippen LogP contribution in [0.5, 0.6) is 0 Å². The number of rotatable bonds is 4. The fourth-order valence-electron chi connectivity index (χ4n) is 1.74. The summed E-state index contributed by atoms with van der Waals surface area (Å²) >= 11 is 4.26. The average Bonchev–Trinajstić information content (AvgIpc) is 2.35. The zero-order valence-corrected chi connectivity index (χ0v) is 13.1. The summed E-state index contributed by atoms with van der Waals surface area (Å²) < 4.78 is 28.8. The van der Waals surface area contributed by atoms with Crippen molar-refractivity contribution in [3.8, 4) is 0 Å². The predicted molar refractivity (Wildman–Crippen MR) is 79.8 cm³/mol. The Bertz CT molecular complexity index is 597. The van der Waals surface area contributed by atoms with E-state index in [-0.39, 0.29) is 10.9 Å². The summed E-state index contributed by atoms with van der Waals surface area (Å²) in [7, 11) is 0. The third-order valence-electron chi connectivity index (χ3n) is 2.54. The molecule has 1 aromatic carbocycles. The number of pyridine rings is 1. The van der Waals surface area contributed by atoms with Gasteiger partial charge in [-0.3, -0.25) is 0 Å². The van der Waals surface area contributed by atoms with E-state index in [1.54, 1.807) is 25.3 Å². The van der Waals surface area contributed by atoms with Gasteiger partial charge in [0, 0.05) is 12.2 Å². The predicted octanol–water partition coefficient (Wildman–Crippen LogP) is 4.16. The molecule has 1 aromatic heterocycles. The quantitative estimate of drug-likeness (QED) is 0.891. The maximum atomic E-state index is 14.0. The molecule has 6 heteroatoms. The van der Waals surface area contributed by atoms with Gasteiger partial charge in [0.2, 0.25) is 0 Å². The van der Waals surface area contributed by atoms with Crippen molar-refractivity contribution in [2.75, 3.05) is 0 Å². The summed E-state index contributed by atoms with van der Waals surface area (Å²) in [5.41, 5.74) is 6.19. The lowest BCUT2D eigenvalue weighted by Crippen LogP contribution is -2.18. The molecule has 2 N–H and O–H groups in total. The second kappa shape index (κ2) is 6.65. The van der Waals surface area contributed by atoms with Crippen molar-refractivity contribution in [2.45, 2.75) is 29.3 Å². The molecule has 1 heterocycles. The van der Waals surface area contributed by atoms with E-state index in [2.05, 4.69) is 20.9 Å². The van der Waals surface area contributed by atoms with Crippen molar-refractivity contribution < 1.29 is 8.78 Å².